The largest absolute Gasteiger partial charge is 0.444 e. The molecule has 194 valence electrons. The lowest BCUT2D eigenvalue weighted by atomic mass is 9.90. The summed E-state index contributed by atoms with van der Waals surface area (Å²) in [7, 11) is 0. The van der Waals surface area contributed by atoms with Crippen molar-refractivity contribution in [3.05, 3.63) is 71.8 Å². The molecule has 2 aromatic carbocycles. The molecule has 3 rings (SSSR count). The molecule has 0 spiro atoms. The van der Waals surface area contributed by atoms with E-state index in [0.717, 1.165) is 36.8 Å². The van der Waals surface area contributed by atoms with E-state index in [4.69, 9.17) is 4.74 Å². The van der Waals surface area contributed by atoms with Crippen molar-refractivity contribution in [2.24, 2.45) is 0 Å². The summed E-state index contributed by atoms with van der Waals surface area (Å²) in [4.78, 5) is 39.7. The predicted molar refractivity (Wildman–Crippen MR) is 140 cm³/mol. The van der Waals surface area contributed by atoms with Gasteiger partial charge in [-0.2, -0.15) is 0 Å². The number of carbonyl (C=O) groups excluding carboxylic acids is 3. The van der Waals surface area contributed by atoms with Gasteiger partial charge in [0.05, 0.1) is 0 Å². The normalized spacial score (nSPS) is 16.4. The van der Waals surface area contributed by atoms with E-state index >= 15 is 0 Å². The molecule has 1 saturated carbocycles. The molecule has 7 nitrogen and oxygen atoms in total. The third-order valence-corrected chi connectivity index (χ3v) is 6.28. The van der Waals surface area contributed by atoms with Crippen LogP contribution in [-0.4, -0.2) is 41.1 Å². The molecule has 3 amide bonds. The Kier molecular flexibility index (Phi) is 9.13. The molecule has 3 N–H and O–H groups in total. The van der Waals surface area contributed by atoms with Crippen molar-refractivity contribution in [3.8, 4) is 0 Å². The third kappa shape index (κ3) is 8.40. The first-order chi connectivity index (χ1) is 17.0. The van der Waals surface area contributed by atoms with Crippen molar-refractivity contribution in [1.82, 2.24) is 16.0 Å². The van der Waals surface area contributed by atoms with Crippen LogP contribution in [0.15, 0.2) is 60.7 Å². The Balaban J connectivity index is 1.83. The average Bonchev–Trinajstić information content (AvgIpc) is 3.32. The van der Waals surface area contributed by atoms with Gasteiger partial charge in [0.25, 0.3) is 0 Å². The molecular weight excluding hydrogens is 454 g/mol. The molecule has 0 radical (unpaired) electrons. The van der Waals surface area contributed by atoms with E-state index < -0.39 is 29.2 Å². The molecule has 1 aliphatic rings. The van der Waals surface area contributed by atoms with E-state index in [9.17, 15) is 14.4 Å². The highest BCUT2D eigenvalue weighted by Gasteiger charge is 2.38. The highest BCUT2D eigenvalue weighted by molar-refractivity contribution is 5.94. The fourth-order valence-electron chi connectivity index (χ4n) is 4.47. The van der Waals surface area contributed by atoms with E-state index in [0.29, 0.717) is 6.42 Å². The molecule has 1 aliphatic carbocycles. The highest BCUT2D eigenvalue weighted by Crippen LogP contribution is 2.21. The van der Waals surface area contributed by atoms with Crippen molar-refractivity contribution in [1.29, 1.82) is 0 Å². The molecule has 0 saturated heterocycles. The Morgan fingerprint density at radius 1 is 0.889 bits per heavy atom. The van der Waals surface area contributed by atoms with Crippen LogP contribution in [0.25, 0.3) is 0 Å². The zero-order valence-electron chi connectivity index (χ0n) is 21.8. The summed E-state index contributed by atoms with van der Waals surface area (Å²) in [6.45, 7) is 7.05. The van der Waals surface area contributed by atoms with Crippen LogP contribution in [0.3, 0.4) is 0 Å². The zero-order valence-corrected chi connectivity index (χ0v) is 21.8. The number of nitrogens with one attached hydrogen (secondary N) is 3. The van der Waals surface area contributed by atoms with Crippen LogP contribution in [0.1, 0.15) is 64.5 Å². The lowest BCUT2D eigenvalue weighted by Crippen LogP contribution is -2.63. The topological polar surface area (TPSA) is 96.5 Å². The molecule has 7 heteroatoms. The van der Waals surface area contributed by atoms with Gasteiger partial charge in [0, 0.05) is 18.9 Å². The second-order valence-corrected chi connectivity index (χ2v) is 10.8. The molecule has 1 unspecified atom stereocenters. The first kappa shape index (κ1) is 27.2. The number of amides is 3. The third-order valence-electron chi connectivity index (χ3n) is 6.28. The van der Waals surface area contributed by atoms with Crippen LogP contribution in [0.4, 0.5) is 4.79 Å². The number of hydrogen-bond acceptors (Lipinski definition) is 4. The zero-order chi connectivity index (χ0) is 26.2. The molecule has 0 aromatic heterocycles. The van der Waals surface area contributed by atoms with E-state index in [-0.39, 0.29) is 18.4 Å². The van der Waals surface area contributed by atoms with Crippen molar-refractivity contribution < 1.29 is 19.1 Å². The van der Waals surface area contributed by atoms with Crippen molar-refractivity contribution in [2.45, 2.75) is 89.4 Å². The van der Waals surface area contributed by atoms with Gasteiger partial charge in [-0.1, -0.05) is 73.5 Å². The summed E-state index contributed by atoms with van der Waals surface area (Å²) in [6.07, 6.45) is 3.96. The van der Waals surface area contributed by atoms with E-state index in [2.05, 4.69) is 16.0 Å². The Bertz CT molecular complexity index is 1010. The Labute approximate surface area is 214 Å². The molecule has 2 atom stereocenters. The van der Waals surface area contributed by atoms with Gasteiger partial charge >= 0.3 is 6.09 Å². The van der Waals surface area contributed by atoms with Crippen LogP contribution in [0.2, 0.25) is 0 Å². The van der Waals surface area contributed by atoms with E-state index in [1.54, 1.807) is 27.7 Å². The number of alkyl carbamates (subject to hydrolysis) is 1. The number of rotatable bonds is 9. The Morgan fingerprint density at radius 2 is 1.44 bits per heavy atom. The number of hydrogen-bond donors (Lipinski definition) is 3. The summed E-state index contributed by atoms with van der Waals surface area (Å²) in [5.74, 6) is -0.660. The predicted octanol–water partition coefficient (Wildman–Crippen LogP) is 4.30. The van der Waals surface area contributed by atoms with Crippen LogP contribution in [0.5, 0.6) is 0 Å². The van der Waals surface area contributed by atoms with E-state index in [1.807, 2.05) is 60.7 Å². The number of ether oxygens (including phenoxy) is 1. The Hall–Kier alpha value is -3.35. The first-order valence-corrected chi connectivity index (χ1v) is 12.7. The smallest absolute Gasteiger partial charge is 0.408 e. The first-order valence-electron chi connectivity index (χ1n) is 12.7. The lowest BCUT2D eigenvalue weighted by molar-refractivity contribution is -0.134. The van der Waals surface area contributed by atoms with Crippen LogP contribution in [0, 0.1) is 0 Å². The highest BCUT2D eigenvalue weighted by atomic mass is 16.6. The van der Waals surface area contributed by atoms with Crippen LogP contribution < -0.4 is 16.0 Å². The quantitative estimate of drug-likeness (QED) is 0.485. The van der Waals surface area contributed by atoms with Gasteiger partial charge < -0.3 is 20.7 Å². The standard InChI is InChI=1S/C29H39N3O4/c1-28(2,3)36-27(35)31-24(19-21-13-7-5-8-14-21)25(33)32-29(4,20-22-15-9-6-10-16-22)26(34)30-23-17-11-12-18-23/h5-10,13-16,23-24H,11-12,17-20H2,1-4H3,(H,30,34)(H,31,35)(H,32,33)/t24-,29?/m0/s1. The van der Waals surface area contributed by atoms with Crippen molar-refractivity contribution >= 4 is 17.9 Å². The molecular formula is C29H39N3O4. The number of carbonyl (C=O) groups is 3. The fourth-order valence-corrected chi connectivity index (χ4v) is 4.47. The molecule has 0 aliphatic heterocycles. The molecule has 1 fully saturated rings. The number of benzene rings is 2. The second kappa shape index (κ2) is 12.1. The maximum absolute atomic E-state index is 13.6. The van der Waals surface area contributed by atoms with Crippen LogP contribution in [-0.2, 0) is 27.2 Å². The van der Waals surface area contributed by atoms with Crippen LogP contribution >= 0.6 is 0 Å². The minimum absolute atomic E-state index is 0.115. The van der Waals surface area contributed by atoms with Gasteiger partial charge in [-0.3, -0.25) is 9.59 Å². The summed E-state index contributed by atoms with van der Waals surface area (Å²) >= 11 is 0. The minimum Gasteiger partial charge on any atom is -0.444 e. The maximum atomic E-state index is 13.6. The summed E-state index contributed by atoms with van der Waals surface area (Å²) in [5.41, 5.74) is -0.0951. The van der Waals surface area contributed by atoms with Crippen molar-refractivity contribution in [3.63, 3.8) is 0 Å². The maximum Gasteiger partial charge on any atom is 0.408 e. The van der Waals surface area contributed by atoms with Gasteiger partial charge in [0.1, 0.15) is 17.2 Å². The van der Waals surface area contributed by atoms with Gasteiger partial charge in [-0.05, 0) is 51.7 Å². The summed E-state index contributed by atoms with van der Waals surface area (Å²) < 4.78 is 5.41. The van der Waals surface area contributed by atoms with Gasteiger partial charge in [0.15, 0.2) is 0 Å². The lowest BCUT2D eigenvalue weighted by Gasteiger charge is -2.33. The van der Waals surface area contributed by atoms with Gasteiger partial charge in [-0.15, -0.1) is 0 Å². The molecule has 2 aromatic rings. The summed E-state index contributed by atoms with van der Waals surface area (Å²) in [5, 5.41) is 8.84. The Morgan fingerprint density at radius 3 is 2.00 bits per heavy atom. The molecule has 36 heavy (non-hydrogen) atoms. The summed E-state index contributed by atoms with van der Waals surface area (Å²) in [6, 6.07) is 18.3. The SMILES string of the molecule is CC(C)(C)OC(=O)N[C@@H](Cc1ccccc1)C(=O)NC(C)(Cc1ccccc1)C(=O)NC1CCCC1. The average molecular weight is 494 g/mol. The van der Waals surface area contributed by atoms with E-state index in [1.165, 1.54) is 0 Å². The van der Waals surface area contributed by atoms with Gasteiger partial charge in [-0.25, -0.2) is 4.79 Å². The monoisotopic (exact) mass is 493 g/mol. The van der Waals surface area contributed by atoms with Crippen molar-refractivity contribution in [2.75, 3.05) is 0 Å². The second-order valence-electron chi connectivity index (χ2n) is 10.8. The van der Waals surface area contributed by atoms with Gasteiger partial charge in [0.2, 0.25) is 11.8 Å². The fraction of sp³-hybridized carbons (Fsp3) is 0.483. The minimum atomic E-state index is -1.20. The molecule has 0 heterocycles. The molecule has 0 bridgehead atoms.